The predicted molar refractivity (Wildman–Crippen MR) is 85.4 cm³/mol. The second kappa shape index (κ2) is 6.66. The average molecular weight is 299 g/mol. The molecule has 1 atom stereocenters. The Morgan fingerprint density at radius 3 is 2.32 bits per heavy atom. The summed E-state index contributed by atoms with van der Waals surface area (Å²) in [6.07, 6.45) is 2.34. The van der Waals surface area contributed by atoms with Gasteiger partial charge in [-0.2, -0.15) is 0 Å². The molecule has 1 aromatic carbocycles. The van der Waals surface area contributed by atoms with Gasteiger partial charge in [-0.05, 0) is 5.56 Å². The van der Waals surface area contributed by atoms with E-state index in [1.54, 1.807) is 24.5 Å². The van der Waals surface area contributed by atoms with Crippen molar-refractivity contribution < 1.29 is 9.90 Å². The summed E-state index contributed by atoms with van der Waals surface area (Å²) in [4.78, 5) is 20.5. The van der Waals surface area contributed by atoms with E-state index in [2.05, 4.69) is 15.3 Å². The Morgan fingerprint density at radius 1 is 1.18 bits per heavy atom. The lowest BCUT2D eigenvalue weighted by Gasteiger charge is -2.16. The van der Waals surface area contributed by atoms with Crippen molar-refractivity contribution in [1.82, 2.24) is 9.97 Å². The van der Waals surface area contributed by atoms with Crippen molar-refractivity contribution in [2.24, 2.45) is 0 Å². The number of hydrogen-bond donors (Lipinski definition) is 2. The second-order valence-corrected chi connectivity index (χ2v) is 6.22. The zero-order valence-corrected chi connectivity index (χ0v) is 13.1. The third-order valence-electron chi connectivity index (χ3n) is 3.17. The summed E-state index contributed by atoms with van der Waals surface area (Å²) < 4.78 is 0. The van der Waals surface area contributed by atoms with Gasteiger partial charge >= 0.3 is 0 Å². The molecule has 0 saturated heterocycles. The minimum absolute atomic E-state index is 0.00889. The maximum Gasteiger partial charge on any atom is 0.227 e. The van der Waals surface area contributed by atoms with Crippen LogP contribution in [-0.4, -0.2) is 21.0 Å². The van der Waals surface area contributed by atoms with Gasteiger partial charge in [-0.25, -0.2) is 9.97 Å². The van der Waals surface area contributed by atoms with E-state index in [0.717, 1.165) is 11.4 Å². The van der Waals surface area contributed by atoms with Crippen molar-refractivity contribution in [2.75, 3.05) is 5.32 Å². The van der Waals surface area contributed by atoms with Gasteiger partial charge in [0, 0.05) is 5.41 Å². The zero-order valence-electron chi connectivity index (χ0n) is 13.1. The molecule has 2 N–H and O–H groups in total. The van der Waals surface area contributed by atoms with E-state index in [1.807, 2.05) is 39.0 Å². The molecule has 2 rings (SSSR count). The van der Waals surface area contributed by atoms with Crippen LogP contribution in [0.1, 0.15) is 44.7 Å². The number of nitrogens with zero attached hydrogens (tertiary/aromatic N) is 2. The first-order valence-corrected chi connectivity index (χ1v) is 7.21. The molecular weight excluding hydrogens is 278 g/mol. The van der Waals surface area contributed by atoms with Gasteiger partial charge in [-0.15, -0.1) is 0 Å². The summed E-state index contributed by atoms with van der Waals surface area (Å²) >= 11 is 0. The van der Waals surface area contributed by atoms with Crippen molar-refractivity contribution in [3.63, 3.8) is 0 Å². The number of nitrogens with one attached hydrogen (secondary N) is 1. The predicted octanol–water partition coefficient (Wildman–Crippen LogP) is 2.84. The van der Waals surface area contributed by atoms with Gasteiger partial charge in [0.2, 0.25) is 5.91 Å². The zero-order chi connectivity index (χ0) is 16.2. The van der Waals surface area contributed by atoms with Crippen LogP contribution in [0.25, 0.3) is 0 Å². The van der Waals surface area contributed by atoms with E-state index in [4.69, 9.17) is 0 Å². The minimum Gasteiger partial charge on any atom is -0.388 e. The molecule has 0 radical (unpaired) electrons. The van der Waals surface area contributed by atoms with Crippen molar-refractivity contribution in [1.29, 1.82) is 0 Å². The van der Waals surface area contributed by atoms with Gasteiger partial charge in [-0.1, -0.05) is 51.1 Å². The highest BCUT2D eigenvalue weighted by atomic mass is 16.3. The van der Waals surface area contributed by atoms with Crippen LogP contribution in [-0.2, 0) is 10.2 Å². The third kappa shape index (κ3) is 4.36. The molecule has 0 aliphatic rings. The van der Waals surface area contributed by atoms with Crippen molar-refractivity contribution >= 4 is 11.6 Å². The number of benzene rings is 1. The Balaban J connectivity index is 1.95. The molecule has 0 fully saturated rings. The van der Waals surface area contributed by atoms with Gasteiger partial charge < -0.3 is 10.4 Å². The Hall–Kier alpha value is -2.27. The molecule has 1 unspecified atom stereocenters. The Labute approximate surface area is 130 Å². The second-order valence-electron chi connectivity index (χ2n) is 6.22. The smallest absolute Gasteiger partial charge is 0.227 e. The van der Waals surface area contributed by atoms with E-state index >= 15 is 0 Å². The third-order valence-corrected chi connectivity index (χ3v) is 3.17. The number of aliphatic hydroxyl groups excluding tert-OH is 1. The Kier molecular flexibility index (Phi) is 4.88. The lowest BCUT2D eigenvalue weighted by atomic mass is 9.96. The topological polar surface area (TPSA) is 75.1 Å². The molecule has 22 heavy (non-hydrogen) atoms. The average Bonchev–Trinajstić information content (AvgIpc) is 2.47. The quantitative estimate of drug-likeness (QED) is 0.910. The number of hydrogen-bond acceptors (Lipinski definition) is 4. The normalized spacial score (nSPS) is 12.7. The fourth-order valence-corrected chi connectivity index (χ4v) is 1.96. The van der Waals surface area contributed by atoms with Crippen LogP contribution in [0.15, 0.2) is 42.7 Å². The summed E-state index contributed by atoms with van der Waals surface area (Å²) in [6.45, 7) is 6.07. The highest BCUT2D eigenvalue weighted by Crippen LogP contribution is 2.19. The molecule has 1 heterocycles. The van der Waals surface area contributed by atoms with Crippen LogP contribution < -0.4 is 5.32 Å². The molecule has 5 nitrogen and oxygen atoms in total. The molecule has 5 heteroatoms. The minimum atomic E-state index is -0.823. The first-order chi connectivity index (χ1) is 10.4. The Morgan fingerprint density at radius 2 is 1.77 bits per heavy atom. The number of aromatic nitrogens is 2. The monoisotopic (exact) mass is 299 g/mol. The van der Waals surface area contributed by atoms with Gasteiger partial charge in [-0.3, -0.25) is 4.79 Å². The SMILES string of the molecule is CC(C)(C)c1ncc(NC(=O)CC(O)c2ccccc2)cn1. The van der Waals surface area contributed by atoms with Gasteiger partial charge in [0.1, 0.15) is 5.82 Å². The largest absolute Gasteiger partial charge is 0.388 e. The molecule has 0 spiro atoms. The summed E-state index contributed by atoms with van der Waals surface area (Å²) in [5.74, 6) is 0.443. The van der Waals surface area contributed by atoms with E-state index < -0.39 is 6.10 Å². The number of anilines is 1. The van der Waals surface area contributed by atoms with E-state index in [0.29, 0.717) is 5.69 Å². The van der Waals surface area contributed by atoms with Crippen LogP contribution in [0.5, 0.6) is 0 Å². The fraction of sp³-hybridized carbons (Fsp3) is 0.353. The van der Waals surface area contributed by atoms with Crippen LogP contribution in [0.3, 0.4) is 0 Å². The molecule has 0 aliphatic carbocycles. The summed E-state index contributed by atoms with van der Waals surface area (Å²) in [7, 11) is 0. The first-order valence-electron chi connectivity index (χ1n) is 7.21. The van der Waals surface area contributed by atoms with Crippen LogP contribution >= 0.6 is 0 Å². The number of carbonyl (C=O) groups is 1. The van der Waals surface area contributed by atoms with Crippen molar-refractivity contribution in [3.05, 3.63) is 54.1 Å². The van der Waals surface area contributed by atoms with E-state index in [9.17, 15) is 9.90 Å². The van der Waals surface area contributed by atoms with Crippen LogP contribution in [0.2, 0.25) is 0 Å². The fourth-order valence-electron chi connectivity index (χ4n) is 1.96. The number of aliphatic hydroxyl groups is 1. The van der Waals surface area contributed by atoms with Crippen molar-refractivity contribution in [3.8, 4) is 0 Å². The standard InChI is InChI=1S/C17H21N3O2/c1-17(2,3)16-18-10-13(11-19-16)20-15(22)9-14(21)12-7-5-4-6-8-12/h4-8,10-11,14,21H,9H2,1-3H3,(H,20,22). The van der Waals surface area contributed by atoms with Crippen LogP contribution in [0, 0.1) is 0 Å². The maximum atomic E-state index is 12.0. The Bertz CT molecular complexity index is 619. The molecule has 1 aromatic heterocycles. The number of carbonyl (C=O) groups excluding carboxylic acids is 1. The summed E-state index contributed by atoms with van der Waals surface area (Å²) in [5.41, 5.74) is 1.11. The summed E-state index contributed by atoms with van der Waals surface area (Å²) in [5, 5.41) is 12.7. The van der Waals surface area contributed by atoms with Crippen LogP contribution in [0.4, 0.5) is 5.69 Å². The molecule has 0 saturated carbocycles. The molecule has 1 amide bonds. The van der Waals surface area contributed by atoms with E-state index in [-0.39, 0.29) is 17.7 Å². The lowest BCUT2D eigenvalue weighted by molar-refractivity contribution is -0.118. The van der Waals surface area contributed by atoms with Crippen molar-refractivity contribution in [2.45, 2.75) is 38.7 Å². The highest BCUT2D eigenvalue weighted by Gasteiger charge is 2.17. The molecule has 2 aromatic rings. The summed E-state index contributed by atoms with van der Waals surface area (Å²) in [6, 6.07) is 9.10. The van der Waals surface area contributed by atoms with Gasteiger partial charge in [0.15, 0.2) is 0 Å². The van der Waals surface area contributed by atoms with E-state index in [1.165, 1.54) is 0 Å². The van der Waals surface area contributed by atoms with Gasteiger partial charge in [0.25, 0.3) is 0 Å². The molecule has 116 valence electrons. The molecule has 0 aliphatic heterocycles. The lowest BCUT2D eigenvalue weighted by Crippen LogP contribution is -2.18. The number of amides is 1. The molecular formula is C17H21N3O2. The number of rotatable bonds is 4. The van der Waals surface area contributed by atoms with Gasteiger partial charge in [0.05, 0.1) is 30.6 Å². The molecule has 0 bridgehead atoms. The maximum absolute atomic E-state index is 12.0. The first kappa shape index (κ1) is 16.1. The highest BCUT2D eigenvalue weighted by molar-refractivity contribution is 5.90.